The molecule has 1 fully saturated rings. The van der Waals surface area contributed by atoms with Gasteiger partial charge in [-0.1, -0.05) is 25.1 Å². The molecule has 0 aromatic heterocycles. The SMILES string of the molecule is CCCC1=NC2[C@@H](O)[C@H](O)[C@@H](CN)O[C@H]2S1. The first-order valence-corrected chi connectivity index (χ1v) is 6.50. The molecule has 0 saturated carbocycles. The third-order valence-electron chi connectivity index (χ3n) is 2.91. The molecule has 2 aliphatic heterocycles. The van der Waals surface area contributed by atoms with Crippen molar-refractivity contribution in [3.63, 3.8) is 0 Å². The summed E-state index contributed by atoms with van der Waals surface area (Å²) in [6.07, 6.45) is -0.368. The molecule has 4 N–H and O–H groups in total. The maximum Gasteiger partial charge on any atom is 0.134 e. The van der Waals surface area contributed by atoms with E-state index in [1.807, 2.05) is 0 Å². The highest BCUT2D eigenvalue weighted by molar-refractivity contribution is 8.14. The van der Waals surface area contributed by atoms with E-state index in [9.17, 15) is 10.2 Å². The minimum Gasteiger partial charge on any atom is -0.388 e. The predicted octanol–water partition coefficient (Wildman–Crippen LogP) is -0.294. The number of thioether (sulfide) groups is 1. The van der Waals surface area contributed by atoms with E-state index < -0.39 is 18.3 Å². The molecule has 6 heteroatoms. The Morgan fingerprint density at radius 2 is 2.19 bits per heavy atom. The molecule has 0 aromatic carbocycles. The fourth-order valence-electron chi connectivity index (χ4n) is 2.01. The predicted molar refractivity (Wildman–Crippen MR) is 63.5 cm³/mol. The first-order valence-electron chi connectivity index (χ1n) is 5.62. The van der Waals surface area contributed by atoms with Gasteiger partial charge in [-0.2, -0.15) is 0 Å². The standard InChI is InChI=1S/C10H18N2O3S/c1-2-3-6-12-7-9(14)8(13)5(4-11)15-10(7)16-6/h5,7-10,13-14H,2-4,11H2,1H3/t5-,7?,8-,9-,10+/m1/s1. The fraction of sp³-hybridized carbons (Fsp3) is 0.900. The van der Waals surface area contributed by atoms with Crippen LogP contribution in [0.15, 0.2) is 4.99 Å². The number of nitrogens with two attached hydrogens (primary N) is 1. The van der Waals surface area contributed by atoms with E-state index in [-0.39, 0.29) is 18.0 Å². The van der Waals surface area contributed by atoms with Crippen LogP contribution in [-0.2, 0) is 4.74 Å². The normalized spacial score (nSPS) is 43.0. The van der Waals surface area contributed by atoms with Crippen LogP contribution >= 0.6 is 11.8 Å². The largest absolute Gasteiger partial charge is 0.388 e. The zero-order valence-electron chi connectivity index (χ0n) is 9.24. The van der Waals surface area contributed by atoms with E-state index in [4.69, 9.17) is 10.5 Å². The summed E-state index contributed by atoms with van der Waals surface area (Å²) in [5.74, 6) is 0. The Labute approximate surface area is 99.1 Å². The van der Waals surface area contributed by atoms with Gasteiger partial charge in [0, 0.05) is 6.54 Å². The molecule has 1 saturated heterocycles. The van der Waals surface area contributed by atoms with E-state index in [2.05, 4.69) is 11.9 Å². The second kappa shape index (κ2) is 5.01. The first kappa shape index (κ1) is 12.3. The van der Waals surface area contributed by atoms with Gasteiger partial charge in [0.05, 0.1) is 11.1 Å². The van der Waals surface area contributed by atoms with Gasteiger partial charge in [-0.25, -0.2) is 0 Å². The molecule has 2 heterocycles. The van der Waals surface area contributed by atoms with Gasteiger partial charge in [0.15, 0.2) is 0 Å². The van der Waals surface area contributed by atoms with Crippen molar-refractivity contribution in [2.45, 2.75) is 49.6 Å². The zero-order valence-corrected chi connectivity index (χ0v) is 10.1. The van der Waals surface area contributed by atoms with E-state index in [1.165, 1.54) is 0 Å². The molecule has 1 unspecified atom stereocenters. The summed E-state index contributed by atoms with van der Waals surface area (Å²) in [6.45, 7) is 2.30. The fourth-order valence-corrected chi connectivity index (χ4v) is 3.35. The highest BCUT2D eigenvalue weighted by Crippen LogP contribution is 2.37. The maximum absolute atomic E-state index is 9.93. The Kier molecular flexibility index (Phi) is 3.86. The third kappa shape index (κ3) is 2.12. The number of fused-ring (bicyclic) bond motifs is 1. The van der Waals surface area contributed by atoms with Crippen LogP contribution in [0.5, 0.6) is 0 Å². The number of hydrogen-bond acceptors (Lipinski definition) is 6. The van der Waals surface area contributed by atoms with Crippen molar-refractivity contribution in [1.29, 1.82) is 0 Å². The van der Waals surface area contributed by atoms with Gasteiger partial charge in [0.1, 0.15) is 23.7 Å². The van der Waals surface area contributed by atoms with Crippen LogP contribution < -0.4 is 5.73 Å². The molecule has 2 rings (SSSR count). The Morgan fingerprint density at radius 3 is 2.81 bits per heavy atom. The molecule has 5 nitrogen and oxygen atoms in total. The number of aliphatic hydroxyl groups excluding tert-OH is 2. The average molecular weight is 246 g/mol. The van der Waals surface area contributed by atoms with Gasteiger partial charge >= 0.3 is 0 Å². The Bertz CT molecular complexity index is 287. The number of nitrogens with zero attached hydrogens (tertiary/aromatic N) is 1. The second-order valence-electron chi connectivity index (χ2n) is 4.14. The molecule has 92 valence electrons. The molecule has 5 atom stereocenters. The van der Waals surface area contributed by atoms with Gasteiger partial charge in [-0.3, -0.25) is 4.99 Å². The van der Waals surface area contributed by atoms with Gasteiger partial charge < -0.3 is 20.7 Å². The van der Waals surface area contributed by atoms with E-state index in [1.54, 1.807) is 11.8 Å². The molecule has 0 bridgehead atoms. The lowest BCUT2D eigenvalue weighted by molar-refractivity contribution is -0.148. The molecule has 0 aliphatic carbocycles. The number of aliphatic hydroxyl groups is 2. The number of hydrogen-bond donors (Lipinski definition) is 3. The Balaban J connectivity index is 2.08. The summed E-state index contributed by atoms with van der Waals surface area (Å²) in [6, 6.07) is -0.343. The zero-order chi connectivity index (χ0) is 11.7. The maximum atomic E-state index is 9.93. The minimum atomic E-state index is -0.934. The molecule has 2 aliphatic rings. The van der Waals surface area contributed by atoms with Crippen LogP contribution in [0.1, 0.15) is 19.8 Å². The van der Waals surface area contributed by atoms with Gasteiger partial charge in [-0.15, -0.1) is 0 Å². The Hall–Kier alpha value is -0.140. The smallest absolute Gasteiger partial charge is 0.134 e. The van der Waals surface area contributed by atoms with Crippen LogP contribution in [0, 0.1) is 0 Å². The van der Waals surface area contributed by atoms with Crippen LogP contribution in [0.4, 0.5) is 0 Å². The van der Waals surface area contributed by atoms with Crippen LogP contribution in [0.3, 0.4) is 0 Å². The van der Waals surface area contributed by atoms with Gasteiger partial charge in [0.25, 0.3) is 0 Å². The summed E-state index contributed by atoms with van der Waals surface area (Å²) in [7, 11) is 0. The quantitative estimate of drug-likeness (QED) is 0.636. The molecule has 0 amide bonds. The van der Waals surface area contributed by atoms with Crippen molar-refractivity contribution in [2.24, 2.45) is 10.7 Å². The van der Waals surface area contributed by atoms with Crippen molar-refractivity contribution in [2.75, 3.05) is 6.54 Å². The second-order valence-corrected chi connectivity index (χ2v) is 5.31. The van der Waals surface area contributed by atoms with Gasteiger partial charge in [-0.05, 0) is 6.42 Å². The highest BCUT2D eigenvalue weighted by atomic mass is 32.2. The van der Waals surface area contributed by atoms with Crippen molar-refractivity contribution >= 4 is 16.8 Å². The van der Waals surface area contributed by atoms with Crippen LogP contribution in [-0.4, -0.2) is 51.6 Å². The summed E-state index contributed by atoms with van der Waals surface area (Å²) in [5, 5.41) is 20.7. The molecular formula is C10H18N2O3S. The third-order valence-corrected chi connectivity index (χ3v) is 4.11. The summed E-state index contributed by atoms with van der Waals surface area (Å²) in [5.41, 5.74) is 5.30. The van der Waals surface area contributed by atoms with Gasteiger partial charge in [0.2, 0.25) is 0 Å². The lowest BCUT2D eigenvalue weighted by atomic mass is 9.98. The summed E-state index contributed by atoms with van der Waals surface area (Å²) < 4.78 is 5.63. The molecular weight excluding hydrogens is 228 g/mol. The van der Waals surface area contributed by atoms with Crippen molar-refractivity contribution in [3.05, 3.63) is 0 Å². The van der Waals surface area contributed by atoms with E-state index in [0.29, 0.717) is 0 Å². The first-order chi connectivity index (χ1) is 7.67. The van der Waals surface area contributed by atoms with E-state index in [0.717, 1.165) is 17.9 Å². The van der Waals surface area contributed by atoms with Crippen LogP contribution in [0.25, 0.3) is 0 Å². The molecule has 0 radical (unpaired) electrons. The monoisotopic (exact) mass is 246 g/mol. The molecule has 0 spiro atoms. The highest BCUT2D eigenvalue weighted by Gasteiger charge is 2.47. The number of rotatable bonds is 3. The van der Waals surface area contributed by atoms with E-state index >= 15 is 0 Å². The van der Waals surface area contributed by atoms with Crippen LogP contribution in [0.2, 0.25) is 0 Å². The molecule has 16 heavy (non-hydrogen) atoms. The average Bonchev–Trinajstić information content (AvgIpc) is 2.67. The lowest BCUT2D eigenvalue weighted by Gasteiger charge is -2.37. The minimum absolute atomic E-state index is 0.187. The van der Waals surface area contributed by atoms with Crippen molar-refractivity contribution in [3.8, 4) is 0 Å². The summed E-state index contributed by atoms with van der Waals surface area (Å²) >= 11 is 1.55. The van der Waals surface area contributed by atoms with Crippen molar-refractivity contribution < 1.29 is 14.9 Å². The molecule has 0 aromatic rings. The summed E-state index contributed by atoms with van der Waals surface area (Å²) in [4.78, 5) is 4.40. The topological polar surface area (TPSA) is 88.1 Å². The van der Waals surface area contributed by atoms with Crippen molar-refractivity contribution in [1.82, 2.24) is 0 Å². The number of ether oxygens (including phenoxy) is 1. The number of aliphatic imine (C=N–C) groups is 1. The lowest BCUT2D eigenvalue weighted by Crippen LogP contribution is -2.56. The Morgan fingerprint density at radius 1 is 1.44 bits per heavy atom.